The molecule has 0 bridgehead atoms. The fourth-order valence-electron chi connectivity index (χ4n) is 16.6. The predicted octanol–water partition coefficient (Wildman–Crippen LogP) is 22.1. The second kappa shape index (κ2) is 17.7. The highest BCUT2D eigenvalue weighted by Gasteiger charge is 2.30. The number of nitrogens with zero attached hydrogens (tertiary/aromatic N) is 8. The number of hydrogen-bond acceptors (Lipinski definition) is 6. The minimum Gasteiger partial charge on any atom is -0.454 e. The second-order valence-corrected chi connectivity index (χ2v) is 26.2. The molecule has 0 amide bonds. The van der Waals surface area contributed by atoms with Crippen molar-refractivity contribution in [2.24, 2.45) is 0 Å². The van der Waals surface area contributed by atoms with Gasteiger partial charge in [0.1, 0.15) is 22.4 Å². The van der Waals surface area contributed by atoms with Crippen molar-refractivity contribution in [2.45, 2.75) is 0 Å². The molecule has 1 aliphatic rings. The summed E-state index contributed by atoms with van der Waals surface area (Å²) in [7, 11) is 0. The number of fused-ring (bicyclic) bond motifs is 32. The van der Waals surface area contributed by atoms with Crippen molar-refractivity contribution in [1.29, 1.82) is 0 Å². The zero-order valence-electron chi connectivity index (χ0n) is 49.8. The lowest BCUT2D eigenvalue weighted by Crippen LogP contribution is -2.04. The van der Waals surface area contributed by atoms with Crippen LogP contribution in [0.25, 0.3) is 219 Å². The van der Waals surface area contributed by atoms with E-state index in [2.05, 4.69) is 279 Å². The average Bonchev–Trinajstić information content (AvgIpc) is 1.53. The van der Waals surface area contributed by atoms with Crippen molar-refractivity contribution < 1.29 is 4.42 Å². The van der Waals surface area contributed by atoms with Crippen LogP contribution in [0.4, 0.5) is 0 Å². The van der Waals surface area contributed by atoms with Crippen LogP contribution in [0.2, 0.25) is 0 Å². The molecule has 0 spiro atoms. The summed E-state index contributed by atoms with van der Waals surface area (Å²) in [6.07, 6.45) is 0. The third kappa shape index (κ3) is 6.23. The molecule has 22 aromatic rings. The van der Waals surface area contributed by atoms with Gasteiger partial charge in [-0.05, 0) is 112 Å². The van der Waals surface area contributed by atoms with Gasteiger partial charge in [-0.2, -0.15) is 0 Å². The molecule has 0 aliphatic heterocycles. The van der Waals surface area contributed by atoms with Gasteiger partial charge in [0.05, 0.1) is 66.5 Å². The van der Waals surface area contributed by atoms with Crippen LogP contribution in [0.3, 0.4) is 0 Å². The number of pyridine rings is 2. The SMILES string of the molecule is c1cc(-c2ccc3c(c2)c2nc4c5oc6ccccc6c5ccc4n2c2c4ccccc4n(-c4ccc5c6c(cccc46)-c4ccccc4-5)c32)cc(-c2nc(-n3c4ccccc4c4c3c3ccccc3c3nc5ccc6sc7ccccc7c6c5n34)nc3ccccc23)c1. The number of para-hydroxylation sites is 4. The van der Waals surface area contributed by atoms with Gasteiger partial charge in [-0.3, -0.25) is 13.4 Å². The molecule has 94 heavy (non-hydrogen) atoms. The fraction of sp³-hybridized carbons (Fsp3) is 0. The highest BCUT2D eigenvalue weighted by molar-refractivity contribution is 7.26. The third-order valence-corrected chi connectivity index (χ3v) is 21.6. The lowest BCUT2D eigenvalue weighted by atomic mass is 9.97. The minimum atomic E-state index is 0.590. The summed E-state index contributed by atoms with van der Waals surface area (Å²) < 4.78 is 19.0. The van der Waals surface area contributed by atoms with Gasteiger partial charge in [-0.15, -0.1) is 11.3 Å². The first-order chi connectivity index (χ1) is 46.6. The van der Waals surface area contributed by atoms with E-state index >= 15 is 0 Å². The van der Waals surface area contributed by atoms with Crippen LogP contribution < -0.4 is 0 Å². The summed E-state index contributed by atoms with van der Waals surface area (Å²) in [5.74, 6) is 0.590. The van der Waals surface area contributed by atoms with Crippen molar-refractivity contribution in [3.8, 4) is 56.3 Å². The molecule has 1 aliphatic carbocycles. The van der Waals surface area contributed by atoms with Gasteiger partial charge in [-0.1, -0.05) is 194 Å². The maximum Gasteiger partial charge on any atom is 0.235 e. The Morgan fingerprint density at radius 1 is 0.309 bits per heavy atom. The zero-order valence-corrected chi connectivity index (χ0v) is 50.6. The van der Waals surface area contributed by atoms with Crippen LogP contribution in [0.5, 0.6) is 0 Å². The smallest absolute Gasteiger partial charge is 0.235 e. The number of imidazole rings is 2. The summed E-state index contributed by atoms with van der Waals surface area (Å²) >= 11 is 1.83. The Hall–Kier alpha value is -12.5. The van der Waals surface area contributed by atoms with Gasteiger partial charge in [-0.25, -0.2) is 19.9 Å². The van der Waals surface area contributed by atoms with Crippen molar-refractivity contribution in [3.05, 3.63) is 267 Å². The Morgan fingerprint density at radius 2 is 0.936 bits per heavy atom. The number of aromatic nitrogens is 8. The van der Waals surface area contributed by atoms with E-state index in [4.69, 9.17) is 24.4 Å². The molecule has 13 aromatic carbocycles. The molecule has 0 saturated carbocycles. The molecule has 0 radical (unpaired) electrons. The Bertz CT molecular complexity index is 7230. The largest absolute Gasteiger partial charge is 0.454 e. The maximum atomic E-state index is 6.81. The molecule has 9 heterocycles. The summed E-state index contributed by atoms with van der Waals surface area (Å²) in [6.45, 7) is 0. The van der Waals surface area contributed by atoms with E-state index in [-0.39, 0.29) is 0 Å². The van der Waals surface area contributed by atoms with Crippen LogP contribution in [0, 0.1) is 0 Å². The molecular weight excluding hydrogens is 1170 g/mol. The van der Waals surface area contributed by atoms with Crippen molar-refractivity contribution in [2.75, 3.05) is 0 Å². The molecule has 10 heteroatoms. The van der Waals surface area contributed by atoms with E-state index in [9.17, 15) is 0 Å². The first kappa shape index (κ1) is 49.3. The quantitative estimate of drug-likeness (QED) is 0.175. The van der Waals surface area contributed by atoms with Gasteiger partial charge in [0.2, 0.25) is 5.95 Å². The molecule has 0 N–H and O–H groups in total. The van der Waals surface area contributed by atoms with E-state index in [0.29, 0.717) is 5.95 Å². The average molecular weight is 1210 g/mol. The normalized spacial score (nSPS) is 12.7. The first-order valence-electron chi connectivity index (χ1n) is 31.9. The number of benzene rings is 13. The lowest BCUT2D eigenvalue weighted by Gasteiger charge is -2.16. The molecule has 9 aromatic heterocycles. The van der Waals surface area contributed by atoms with Crippen molar-refractivity contribution in [1.82, 2.24) is 37.9 Å². The van der Waals surface area contributed by atoms with E-state index < -0.39 is 0 Å². The van der Waals surface area contributed by atoms with Gasteiger partial charge in [0, 0.05) is 79.6 Å². The highest BCUT2D eigenvalue weighted by atomic mass is 32.1. The minimum absolute atomic E-state index is 0.590. The van der Waals surface area contributed by atoms with E-state index in [0.717, 1.165) is 160 Å². The van der Waals surface area contributed by atoms with Crippen LogP contribution in [-0.2, 0) is 0 Å². The van der Waals surface area contributed by atoms with E-state index in [1.807, 2.05) is 17.4 Å². The molecule has 432 valence electrons. The van der Waals surface area contributed by atoms with Crippen LogP contribution in [0.15, 0.2) is 271 Å². The van der Waals surface area contributed by atoms with Crippen molar-refractivity contribution >= 4 is 174 Å². The molecule has 0 saturated heterocycles. The summed E-state index contributed by atoms with van der Waals surface area (Å²) in [6, 6.07) is 96.8. The van der Waals surface area contributed by atoms with Gasteiger partial charge < -0.3 is 8.98 Å². The lowest BCUT2D eigenvalue weighted by molar-refractivity contribution is 0.672. The summed E-state index contributed by atoms with van der Waals surface area (Å²) in [5, 5.41) is 14.5. The monoisotopic (exact) mass is 1210 g/mol. The molecule has 9 nitrogen and oxygen atoms in total. The van der Waals surface area contributed by atoms with Gasteiger partial charge in [0.25, 0.3) is 0 Å². The van der Waals surface area contributed by atoms with Crippen LogP contribution in [-0.4, -0.2) is 37.9 Å². The zero-order chi connectivity index (χ0) is 60.8. The van der Waals surface area contributed by atoms with Gasteiger partial charge >= 0.3 is 0 Å². The fourth-order valence-corrected chi connectivity index (χ4v) is 17.7. The van der Waals surface area contributed by atoms with E-state index in [1.54, 1.807) is 0 Å². The Morgan fingerprint density at radius 3 is 1.80 bits per heavy atom. The number of thiophene rings is 1. The van der Waals surface area contributed by atoms with Crippen molar-refractivity contribution in [3.63, 3.8) is 0 Å². The molecule has 0 atom stereocenters. The summed E-state index contributed by atoms with van der Waals surface area (Å²) in [4.78, 5) is 22.5. The number of rotatable bonds is 4. The van der Waals surface area contributed by atoms with Crippen LogP contribution in [0.1, 0.15) is 0 Å². The maximum absolute atomic E-state index is 6.81. The Balaban J connectivity index is 0.774. The third-order valence-electron chi connectivity index (χ3n) is 20.4. The molecule has 0 fully saturated rings. The topological polar surface area (TPSA) is 83.4 Å². The molecule has 0 unspecified atom stereocenters. The van der Waals surface area contributed by atoms with Gasteiger partial charge in [0.15, 0.2) is 5.58 Å². The highest BCUT2D eigenvalue weighted by Crippen LogP contribution is 2.51. The predicted molar refractivity (Wildman–Crippen MR) is 389 cm³/mol. The van der Waals surface area contributed by atoms with E-state index in [1.165, 1.54) is 53.2 Å². The summed E-state index contributed by atoms with van der Waals surface area (Å²) in [5.41, 5.74) is 24.7. The van der Waals surface area contributed by atoms with Crippen LogP contribution >= 0.6 is 11.3 Å². The second-order valence-electron chi connectivity index (χ2n) is 25.1. The number of furan rings is 1. The Labute approximate surface area is 536 Å². The molecular formula is C84H44N8OS. The first-order valence-corrected chi connectivity index (χ1v) is 32.7. The molecule has 23 rings (SSSR count). The number of hydrogen-bond donors (Lipinski definition) is 0. The Kier molecular flexibility index (Phi) is 9.29. The standard InChI is InChI=1S/C84H44N8OS/c1-2-20-49-48(19-1)51-28-16-29-58-67(40-37-52(49)72(51)58)89-65-31-11-6-25-59(65)78-76(89)54-36-35-46(44-62(54)83-87-75-68(90(78)83)41-38-55-50-21-8-13-33-69(50)93-81(55)75)45-17-15-18-47(43-45)74-57-24-5-10-30-63(57)86-84(88-74)91-66-32-12-7-26-60(66)79-77(91)53-22-3-4-23-56(53)82-85-64-39-42-71-73(80(64)92(79)82)61-27-9-14-34-70(61)94-71/h1-44H.